The van der Waals surface area contributed by atoms with Gasteiger partial charge in [0.05, 0.1) is 0 Å². The van der Waals surface area contributed by atoms with E-state index in [9.17, 15) is 18.0 Å². The smallest absolute Gasteiger partial charge is 0.273 e. The summed E-state index contributed by atoms with van der Waals surface area (Å²) in [5, 5.41) is -1.85. The summed E-state index contributed by atoms with van der Waals surface area (Å²) in [5.74, 6) is 0. The van der Waals surface area contributed by atoms with Gasteiger partial charge in [0.15, 0.2) is 0 Å². The summed E-state index contributed by atoms with van der Waals surface area (Å²) in [5.41, 5.74) is 0. The van der Waals surface area contributed by atoms with Crippen LogP contribution in [0.3, 0.4) is 0 Å². The first kappa shape index (κ1) is 7.40. The fourth-order valence-electron chi connectivity index (χ4n) is 0.773. The molecule has 56 valence electrons. The lowest BCUT2D eigenvalue weighted by atomic mass is 10.2. The van der Waals surface area contributed by atoms with E-state index in [1.54, 1.807) is 0 Å². The summed E-state index contributed by atoms with van der Waals surface area (Å²) in [6.45, 7) is 0. The maximum absolute atomic E-state index is 10.6. The molecule has 0 unspecified atom stereocenters. The van der Waals surface area contributed by atoms with E-state index >= 15 is 0 Å². The molecule has 0 atom stereocenters. The second-order valence-electron chi connectivity index (χ2n) is 2.10. The van der Waals surface area contributed by atoms with Crippen molar-refractivity contribution in [3.63, 3.8) is 0 Å². The largest absolute Gasteiger partial charge is 0.281 e. The average molecular weight is 162 g/mol. The molecule has 10 heavy (non-hydrogen) atoms. The molecule has 0 saturated carbocycles. The molecule has 0 aromatic heterocycles. The third kappa shape index (κ3) is 0.965. The van der Waals surface area contributed by atoms with E-state index in [-0.39, 0.29) is 12.8 Å². The zero-order valence-electron chi connectivity index (χ0n) is 5.16. The maximum atomic E-state index is 10.6. The van der Waals surface area contributed by atoms with Crippen LogP contribution >= 0.6 is 0 Å². The van der Waals surface area contributed by atoms with Gasteiger partial charge >= 0.3 is 0 Å². The molecule has 0 N–H and O–H groups in total. The van der Waals surface area contributed by atoms with Crippen molar-refractivity contribution in [3.05, 3.63) is 0 Å². The third-order valence-electron chi connectivity index (χ3n) is 1.36. The maximum Gasteiger partial charge on any atom is 0.273 e. The van der Waals surface area contributed by atoms with Gasteiger partial charge in [0.25, 0.3) is 20.1 Å². The van der Waals surface area contributed by atoms with Gasteiger partial charge in [-0.05, 0) is 6.42 Å². The lowest BCUT2D eigenvalue weighted by Crippen LogP contribution is -2.28. The minimum atomic E-state index is -4.02. The van der Waals surface area contributed by atoms with Crippen molar-refractivity contribution in [2.75, 3.05) is 0 Å². The standard InChI is InChI=1S/C5H6O4S/c6-4-2-1-3-5(7)10(4,8)9/h1-3H2. The fraction of sp³-hybridized carbons (Fsp3) is 0.600. The molecular weight excluding hydrogens is 156 g/mol. The number of sulfone groups is 1. The highest BCUT2D eigenvalue weighted by Gasteiger charge is 2.34. The zero-order chi connectivity index (χ0) is 7.78. The van der Waals surface area contributed by atoms with E-state index in [0.717, 1.165) is 0 Å². The number of hydrogen-bond acceptors (Lipinski definition) is 4. The van der Waals surface area contributed by atoms with Crippen molar-refractivity contribution >= 4 is 20.1 Å². The fourth-order valence-corrected chi connectivity index (χ4v) is 1.85. The van der Waals surface area contributed by atoms with Crippen LogP contribution < -0.4 is 0 Å². The van der Waals surface area contributed by atoms with Crippen molar-refractivity contribution in [1.82, 2.24) is 0 Å². The predicted molar refractivity (Wildman–Crippen MR) is 32.8 cm³/mol. The van der Waals surface area contributed by atoms with Crippen LogP contribution in [0.2, 0.25) is 0 Å². The monoisotopic (exact) mass is 162 g/mol. The van der Waals surface area contributed by atoms with Crippen LogP contribution in [0.4, 0.5) is 0 Å². The first-order chi connectivity index (χ1) is 4.55. The molecule has 1 rings (SSSR count). The van der Waals surface area contributed by atoms with Crippen LogP contribution in [0.15, 0.2) is 0 Å². The molecule has 1 aliphatic heterocycles. The first-order valence-corrected chi connectivity index (χ1v) is 4.34. The Kier molecular flexibility index (Phi) is 1.60. The summed E-state index contributed by atoms with van der Waals surface area (Å²) in [7, 11) is -4.02. The second-order valence-corrected chi connectivity index (χ2v) is 4.02. The molecule has 4 nitrogen and oxygen atoms in total. The van der Waals surface area contributed by atoms with E-state index in [2.05, 4.69) is 0 Å². The Labute approximate surface area is 58.1 Å². The van der Waals surface area contributed by atoms with Crippen LogP contribution in [0.5, 0.6) is 0 Å². The van der Waals surface area contributed by atoms with Gasteiger partial charge in [-0.15, -0.1) is 0 Å². The van der Waals surface area contributed by atoms with Gasteiger partial charge in [-0.3, -0.25) is 9.59 Å². The molecule has 1 heterocycles. The summed E-state index contributed by atoms with van der Waals surface area (Å²) in [4.78, 5) is 21.0. The number of carbonyl (C=O) groups is 2. The molecule has 0 spiro atoms. The highest BCUT2D eigenvalue weighted by Crippen LogP contribution is 2.13. The lowest BCUT2D eigenvalue weighted by molar-refractivity contribution is -0.116. The molecule has 1 aliphatic rings. The van der Waals surface area contributed by atoms with Gasteiger partial charge in [-0.2, -0.15) is 0 Å². The van der Waals surface area contributed by atoms with Crippen molar-refractivity contribution in [2.24, 2.45) is 0 Å². The van der Waals surface area contributed by atoms with E-state index in [4.69, 9.17) is 0 Å². The summed E-state index contributed by atoms with van der Waals surface area (Å²) in [6.07, 6.45) is 0.360. The topological polar surface area (TPSA) is 68.3 Å². The molecule has 0 radical (unpaired) electrons. The molecule has 1 fully saturated rings. The van der Waals surface area contributed by atoms with Crippen LogP contribution in [0, 0.1) is 0 Å². The Bertz CT molecular complexity index is 252. The van der Waals surface area contributed by atoms with Crippen molar-refractivity contribution in [3.8, 4) is 0 Å². The molecule has 0 aromatic rings. The number of rotatable bonds is 0. The van der Waals surface area contributed by atoms with Crippen molar-refractivity contribution in [1.29, 1.82) is 0 Å². The van der Waals surface area contributed by atoms with Gasteiger partial charge in [0.2, 0.25) is 0 Å². The quantitative estimate of drug-likeness (QED) is 0.487. The van der Waals surface area contributed by atoms with Crippen LogP contribution in [-0.4, -0.2) is 18.6 Å². The summed E-state index contributed by atoms with van der Waals surface area (Å²) < 4.78 is 21.2. The Hall–Kier alpha value is -0.710. The highest BCUT2D eigenvalue weighted by molar-refractivity contribution is 8.18. The highest BCUT2D eigenvalue weighted by atomic mass is 32.2. The lowest BCUT2D eigenvalue weighted by Gasteiger charge is -2.06. The molecule has 0 amide bonds. The molecule has 0 bridgehead atoms. The van der Waals surface area contributed by atoms with E-state index in [1.165, 1.54) is 0 Å². The van der Waals surface area contributed by atoms with E-state index < -0.39 is 20.1 Å². The zero-order valence-corrected chi connectivity index (χ0v) is 5.98. The molecule has 1 saturated heterocycles. The molecule has 0 aliphatic carbocycles. The summed E-state index contributed by atoms with van der Waals surface area (Å²) in [6, 6.07) is 0. The van der Waals surface area contributed by atoms with E-state index in [0.29, 0.717) is 6.42 Å². The first-order valence-electron chi connectivity index (χ1n) is 2.86. The van der Waals surface area contributed by atoms with Gasteiger partial charge < -0.3 is 0 Å². The Morgan fingerprint density at radius 3 is 1.70 bits per heavy atom. The van der Waals surface area contributed by atoms with Crippen LogP contribution in [0.25, 0.3) is 0 Å². The average Bonchev–Trinajstić information content (AvgIpc) is 1.84. The van der Waals surface area contributed by atoms with Gasteiger partial charge in [-0.25, -0.2) is 8.42 Å². The Morgan fingerprint density at radius 2 is 1.40 bits per heavy atom. The Balaban J connectivity index is 3.07. The summed E-state index contributed by atoms with van der Waals surface area (Å²) >= 11 is 0. The van der Waals surface area contributed by atoms with Crippen LogP contribution in [-0.2, 0) is 19.4 Å². The normalized spacial score (nSPS) is 24.8. The van der Waals surface area contributed by atoms with Crippen molar-refractivity contribution < 1.29 is 18.0 Å². The molecule has 5 heteroatoms. The molecule has 0 aromatic carbocycles. The minimum absolute atomic E-state index is 0.00588. The van der Waals surface area contributed by atoms with Crippen molar-refractivity contribution in [2.45, 2.75) is 19.3 Å². The second kappa shape index (κ2) is 2.16. The number of hydrogen-bond donors (Lipinski definition) is 0. The Morgan fingerprint density at radius 1 is 1.00 bits per heavy atom. The predicted octanol–water partition coefficient (Wildman–Crippen LogP) is -0.362. The molecular formula is C5H6O4S. The van der Waals surface area contributed by atoms with Gasteiger partial charge in [0.1, 0.15) is 0 Å². The van der Waals surface area contributed by atoms with Gasteiger partial charge in [-0.1, -0.05) is 0 Å². The van der Waals surface area contributed by atoms with Crippen LogP contribution in [0.1, 0.15) is 19.3 Å². The number of carbonyl (C=O) groups excluding carboxylic acids is 2. The van der Waals surface area contributed by atoms with E-state index in [1.807, 2.05) is 0 Å². The van der Waals surface area contributed by atoms with Gasteiger partial charge in [0, 0.05) is 12.8 Å². The third-order valence-corrected chi connectivity index (χ3v) is 2.97. The minimum Gasteiger partial charge on any atom is -0.281 e. The SMILES string of the molecule is O=C1CCCC(=O)S1(=O)=O.